The van der Waals surface area contributed by atoms with E-state index in [1.165, 1.54) is 18.2 Å². The minimum Gasteiger partial charge on any atom is -0.280 e. The molecule has 3 rings (SSSR count). The third kappa shape index (κ3) is 3.05. The van der Waals surface area contributed by atoms with Gasteiger partial charge in [-0.25, -0.2) is 13.4 Å². The first-order valence-corrected chi connectivity index (χ1v) is 9.26. The van der Waals surface area contributed by atoms with Crippen molar-refractivity contribution in [2.45, 2.75) is 11.8 Å². The molecule has 1 heterocycles. The van der Waals surface area contributed by atoms with Gasteiger partial charge in [0, 0.05) is 5.02 Å². The molecule has 114 valence electrons. The van der Waals surface area contributed by atoms with Crippen LogP contribution in [0.2, 0.25) is 10.0 Å². The van der Waals surface area contributed by atoms with Crippen molar-refractivity contribution in [3.8, 4) is 0 Å². The Balaban J connectivity index is 2.00. The highest BCUT2D eigenvalue weighted by atomic mass is 35.5. The number of hydrogen-bond donors (Lipinski definition) is 1. The average Bonchev–Trinajstić information content (AvgIpc) is 2.80. The van der Waals surface area contributed by atoms with E-state index in [-0.39, 0.29) is 9.92 Å². The number of aromatic nitrogens is 1. The van der Waals surface area contributed by atoms with E-state index in [1.807, 2.05) is 13.0 Å². The van der Waals surface area contributed by atoms with Crippen LogP contribution in [0.4, 0.5) is 5.69 Å². The smallest absolute Gasteiger partial charge is 0.263 e. The highest BCUT2D eigenvalue weighted by Crippen LogP contribution is 2.29. The summed E-state index contributed by atoms with van der Waals surface area (Å²) in [5.41, 5.74) is 1.17. The van der Waals surface area contributed by atoms with Crippen molar-refractivity contribution in [2.24, 2.45) is 0 Å². The summed E-state index contributed by atoms with van der Waals surface area (Å²) in [5.74, 6) is 0. The maximum Gasteiger partial charge on any atom is 0.263 e. The first kappa shape index (κ1) is 15.6. The number of aryl methyl sites for hydroxylation is 1. The Kier molecular flexibility index (Phi) is 4.03. The Morgan fingerprint density at radius 2 is 1.91 bits per heavy atom. The number of anilines is 1. The maximum absolute atomic E-state index is 12.4. The van der Waals surface area contributed by atoms with Gasteiger partial charge in [0.25, 0.3) is 10.0 Å². The summed E-state index contributed by atoms with van der Waals surface area (Å²) in [4.78, 5) is 4.29. The fourth-order valence-corrected chi connectivity index (χ4v) is 4.62. The van der Waals surface area contributed by atoms with E-state index in [0.29, 0.717) is 10.7 Å². The van der Waals surface area contributed by atoms with E-state index in [1.54, 1.807) is 23.5 Å². The van der Waals surface area contributed by atoms with Gasteiger partial charge < -0.3 is 0 Å². The Bertz CT molecular complexity index is 968. The summed E-state index contributed by atoms with van der Waals surface area (Å²) in [7, 11) is -3.82. The van der Waals surface area contributed by atoms with Crippen LogP contribution in [0, 0.1) is 6.92 Å². The van der Waals surface area contributed by atoms with Gasteiger partial charge in [0.1, 0.15) is 4.90 Å². The number of nitrogens with zero attached hydrogens (tertiary/aromatic N) is 1. The van der Waals surface area contributed by atoms with Crippen molar-refractivity contribution in [2.75, 3.05) is 4.72 Å². The van der Waals surface area contributed by atoms with Gasteiger partial charge in [0.2, 0.25) is 0 Å². The zero-order valence-electron chi connectivity index (χ0n) is 11.3. The second-order valence-electron chi connectivity index (χ2n) is 4.60. The number of nitrogens with one attached hydrogen (secondary N) is 1. The van der Waals surface area contributed by atoms with Crippen molar-refractivity contribution < 1.29 is 8.42 Å². The minimum absolute atomic E-state index is 0.0591. The van der Waals surface area contributed by atoms with Gasteiger partial charge >= 0.3 is 0 Å². The van der Waals surface area contributed by atoms with Gasteiger partial charge in [-0.1, -0.05) is 23.2 Å². The fraction of sp³-hybridized carbons (Fsp3) is 0.0714. The number of rotatable bonds is 3. The standard InChI is InChI=1S/C14H10Cl2N2O2S2/c1-8-17-12-7-10(3-5-13(12)21-8)18-22(19,20)14-6-9(15)2-4-11(14)16/h2-7,18H,1H3. The number of thiazole rings is 1. The predicted molar refractivity (Wildman–Crippen MR) is 91.6 cm³/mol. The van der Waals surface area contributed by atoms with Crippen LogP contribution >= 0.6 is 34.5 Å². The molecule has 4 nitrogen and oxygen atoms in total. The zero-order valence-corrected chi connectivity index (χ0v) is 14.4. The summed E-state index contributed by atoms with van der Waals surface area (Å²) in [6.07, 6.45) is 0. The van der Waals surface area contributed by atoms with Crippen molar-refractivity contribution in [1.29, 1.82) is 0 Å². The number of benzene rings is 2. The Labute approximate surface area is 141 Å². The van der Waals surface area contributed by atoms with Crippen LogP contribution in [-0.4, -0.2) is 13.4 Å². The highest BCUT2D eigenvalue weighted by molar-refractivity contribution is 7.92. The van der Waals surface area contributed by atoms with Crippen LogP contribution in [0.15, 0.2) is 41.3 Å². The van der Waals surface area contributed by atoms with Gasteiger partial charge in [-0.05, 0) is 43.3 Å². The summed E-state index contributed by atoms with van der Waals surface area (Å²) in [5, 5.41) is 1.34. The molecule has 22 heavy (non-hydrogen) atoms. The molecule has 0 radical (unpaired) electrons. The molecule has 0 unspecified atom stereocenters. The van der Waals surface area contributed by atoms with E-state index in [9.17, 15) is 8.42 Å². The third-order valence-corrected chi connectivity index (χ3v) is 5.98. The average molecular weight is 373 g/mol. The lowest BCUT2D eigenvalue weighted by Gasteiger charge is -2.09. The quantitative estimate of drug-likeness (QED) is 0.723. The Hall–Kier alpha value is -1.34. The zero-order chi connectivity index (χ0) is 15.9. The molecule has 0 aliphatic carbocycles. The van der Waals surface area contributed by atoms with Crippen LogP contribution in [0.3, 0.4) is 0 Å². The Morgan fingerprint density at radius 1 is 1.14 bits per heavy atom. The molecule has 0 aliphatic heterocycles. The normalized spacial score (nSPS) is 11.8. The molecule has 0 atom stereocenters. The van der Waals surface area contributed by atoms with Crippen LogP contribution in [0.25, 0.3) is 10.2 Å². The molecule has 0 amide bonds. The monoisotopic (exact) mass is 372 g/mol. The molecule has 0 bridgehead atoms. The van der Waals surface area contributed by atoms with Gasteiger partial charge in [-0.3, -0.25) is 4.72 Å². The van der Waals surface area contributed by atoms with E-state index < -0.39 is 10.0 Å². The molecular weight excluding hydrogens is 363 g/mol. The van der Waals surface area contributed by atoms with E-state index in [0.717, 1.165) is 15.2 Å². The molecule has 1 aromatic heterocycles. The van der Waals surface area contributed by atoms with Crippen LogP contribution < -0.4 is 4.72 Å². The molecular formula is C14H10Cl2N2O2S2. The van der Waals surface area contributed by atoms with Gasteiger partial charge in [0.05, 0.1) is 25.9 Å². The van der Waals surface area contributed by atoms with E-state index in [4.69, 9.17) is 23.2 Å². The summed E-state index contributed by atoms with van der Waals surface area (Å²) < 4.78 is 28.4. The van der Waals surface area contributed by atoms with Crippen molar-refractivity contribution >= 4 is 60.5 Å². The number of halogens is 2. The van der Waals surface area contributed by atoms with Gasteiger partial charge in [0.15, 0.2) is 0 Å². The lowest BCUT2D eigenvalue weighted by Crippen LogP contribution is -2.13. The second kappa shape index (κ2) is 5.70. The highest BCUT2D eigenvalue weighted by Gasteiger charge is 2.19. The molecule has 0 saturated heterocycles. The van der Waals surface area contributed by atoms with E-state index in [2.05, 4.69) is 9.71 Å². The SMILES string of the molecule is Cc1nc2cc(NS(=O)(=O)c3cc(Cl)ccc3Cl)ccc2s1. The predicted octanol–water partition coefficient (Wildman–Crippen LogP) is 4.71. The third-order valence-electron chi connectivity index (χ3n) is 2.93. The van der Waals surface area contributed by atoms with E-state index >= 15 is 0 Å². The number of sulfonamides is 1. The molecule has 0 saturated carbocycles. The summed E-state index contributed by atoms with van der Waals surface area (Å²) in [6, 6.07) is 9.51. The number of fused-ring (bicyclic) bond motifs is 1. The molecule has 1 N–H and O–H groups in total. The second-order valence-corrected chi connectivity index (χ2v) is 8.32. The molecule has 0 fully saturated rings. The first-order valence-electron chi connectivity index (χ1n) is 6.20. The Morgan fingerprint density at radius 3 is 2.68 bits per heavy atom. The van der Waals surface area contributed by atoms with Crippen molar-refractivity contribution in [1.82, 2.24) is 4.98 Å². The molecule has 0 spiro atoms. The first-order chi connectivity index (χ1) is 10.3. The number of hydrogen-bond acceptors (Lipinski definition) is 4. The van der Waals surface area contributed by atoms with Crippen LogP contribution in [0.1, 0.15) is 5.01 Å². The summed E-state index contributed by atoms with van der Waals surface area (Å²) in [6.45, 7) is 1.90. The minimum atomic E-state index is -3.82. The maximum atomic E-state index is 12.4. The largest absolute Gasteiger partial charge is 0.280 e. The van der Waals surface area contributed by atoms with Crippen LogP contribution in [0.5, 0.6) is 0 Å². The lowest BCUT2D eigenvalue weighted by molar-refractivity contribution is 0.601. The molecule has 3 aromatic rings. The van der Waals surface area contributed by atoms with Gasteiger partial charge in [-0.2, -0.15) is 0 Å². The molecule has 2 aromatic carbocycles. The topological polar surface area (TPSA) is 59.1 Å². The summed E-state index contributed by atoms with van der Waals surface area (Å²) >= 11 is 13.4. The molecule has 8 heteroatoms. The molecule has 0 aliphatic rings. The van der Waals surface area contributed by atoms with Gasteiger partial charge in [-0.15, -0.1) is 11.3 Å². The van der Waals surface area contributed by atoms with Crippen LogP contribution in [-0.2, 0) is 10.0 Å². The lowest BCUT2D eigenvalue weighted by atomic mass is 10.3. The van der Waals surface area contributed by atoms with Crippen molar-refractivity contribution in [3.05, 3.63) is 51.5 Å². The van der Waals surface area contributed by atoms with Crippen molar-refractivity contribution in [3.63, 3.8) is 0 Å². The fourth-order valence-electron chi connectivity index (χ4n) is 2.00.